The van der Waals surface area contributed by atoms with Crippen LogP contribution in [0.3, 0.4) is 0 Å². The fourth-order valence-corrected chi connectivity index (χ4v) is 2.11. The van der Waals surface area contributed by atoms with E-state index in [4.69, 9.17) is 27.3 Å². The van der Waals surface area contributed by atoms with Crippen LogP contribution in [-0.2, 0) is 6.61 Å². The number of halogens is 2. The summed E-state index contributed by atoms with van der Waals surface area (Å²) >= 11 is 6.05. The highest BCUT2D eigenvalue weighted by atomic mass is 35.5. The summed E-state index contributed by atoms with van der Waals surface area (Å²) in [6.45, 7) is 1.90. The van der Waals surface area contributed by atoms with Crippen LogP contribution >= 0.6 is 11.6 Å². The third-order valence-corrected chi connectivity index (χ3v) is 3.23. The Morgan fingerprint density at radius 3 is 2.81 bits per heavy atom. The quantitative estimate of drug-likeness (QED) is 0.393. The topological polar surface area (TPSA) is 67.8 Å². The lowest BCUT2D eigenvalue weighted by Gasteiger charge is -2.11. The van der Waals surface area contributed by atoms with Gasteiger partial charge in [-0.2, -0.15) is 0 Å². The normalized spacial score (nSPS) is 11.5. The number of rotatable bonds is 4. The van der Waals surface area contributed by atoms with Crippen LogP contribution in [0.5, 0.6) is 5.75 Å². The fourth-order valence-electron chi connectivity index (χ4n) is 1.82. The molecule has 21 heavy (non-hydrogen) atoms. The summed E-state index contributed by atoms with van der Waals surface area (Å²) in [4.78, 5) is 0. The Hall–Kier alpha value is -2.27. The zero-order valence-electron chi connectivity index (χ0n) is 11.3. The lowest BCUT2D eigenvalue weighted by Crippen LogP contribution is -2.16. The number of oxime groups is 1. The maximum Gasteiger partial charge on any atom is 0.173 e. The minimum Gasteiger partial charge on any atom is -0.487 e. The molecule has 0 heterocycles. The van der Waals surface area contributed by atoms with Crippen LogP contribution in [0.15, 0.2) is 41.6 Å². The van der Waals surface area contributed by atoms with E-state index >= 15 is 0 Å². The molecule has 0 atom stereocenters. The first-order valence-corrected chi connectivity index (χ1v) is 6.55. The van der Waals surface area contributed by atoms with Crippen molar-refractivity contribution in [3.63, 3.8) is 0 Å². The van der Waals surface area contributed by atoms with Crippen molar-refractivity contribution < 1.29 is 14.3 Å². The van der Waals surface area contributed by atoms with Gasteiger partial charge in [-0.3, -0.25) is 0 Å². The average Bonchev–Trinajstić information content (AvgIpc) is 2.47. The van der Waals surface area contributed by atoms with Crippen molar-refractivity contribution in [2.24, 2.45) is 10.9 Å². The predicted octanol–water partition coefficient (Wildman–Crippen LogP) is 3.46. The molecule has 0 saturated carbocycles. The first-order valence-electron chi connectivity index (χ1n) is 6.17. The van der Waals surface area contributed by atoms with Gasteiger partial charge in [0.15, 0.2) is 5.84 Å². The molecule has 4 nitrogen and oxygen atoms in total. The molecule has 110 valence electrons. The molecule has 0 aromatic heterocycles. The number of nitrogens with two attached hydrogens (primary N) is 1. The predicted molar refractivity (Wildman–Crippen MR) is 79.4 cm³/mol. The molecule has 0 bridgehead atoms. The highest BCUT2D eigenvalue weighted by molar-refractivity contribution is 6.32. The van der Waals surface area contributed by atoms with Gasteiger partial charge in [-0.1, -0.05) is 35.0 Å². The lowest BCUT2D eigenvalue weighted by atomic mass is 10.1. The van der Waals surface area contributed by atoms with Crippen LogP contribution in [-0.4, -0.2) is 11.0 Å². The second-order valence-corrected chi connectivity index (χ2v) is 4.89. The molecule has 2 aromatic carbocycles. The summed E-state index contributed by atoms with van der Waals surface area (Å²) in [7, 11) is 0. The van der Waals surface area contributed by atoms with Gasteiger partial charge in [-0.05, 0) is 30.7 Å². The smallest absolute Gasteiger partial charge is 0.173 e. The van der Waals surface area contributed by atoms with Gasteiger partial charge in [0.05, 0.1) is 10.6 Å². The van der Waals surface area contributed by atoms with Crippen LogP contribution in [0.2, 0.25) is 5.02 Å². The van der Waals surface area contributed by atoms with Gasteiger partial charge in [-0.15, -0.1) is 0 Å². The molecule has 0 saturated heterocycles. The monoisotopic (exact) mass is 308 g/mol. The second kappa shape index (κ2) is 6.45. The molecular formula is C15H14ClFN2O2. The van der Waals surface area contributed by atoms with Crippen LogP contribution < -0.4 is 10.5 Å². The van der Waals surface area contributed by atoms with Gasteiger partial charge in [0, 0.05) is 5.56 Å². The molecule has 0 unspecified atom stereocenters. The molecule has 0 fully saturated rings. The molecule has 2 aromatic rings. The first-order chi connectivity index (χ1) is 10.0. The third kappa shape index (κ3) is 3.44. The minimum atomic E-state index is -0.587. The number of ether oxygens (including phenoxy) is 1. The van der Waals surface area contributed by atoms with E-state index in [2.05, 4.69) is 5.16 Å². The lowest BCUT2D eigenvalue weighted by molar-refractivity contribution is 0.299. The molecule has 0 aliphatic rings. The number of amidine groups is 1. The van der Waals surface area contributed by atoms with Crippen molar-refractivity contribution in [1.29, 1.82) is 0 Å². The third-order valence-electron chi connectivity index (χ3n) is 2.93. The first kappa shape index (κ1) is 15.1. The molecule has 0 amide bonds. The van der Waals surface area contributed by atoms with E-state index in [-0.39, 0.29) is 23.6 Å². The highest BCUT2D eigenvalue weighted by Gasteiger charge is 2.12. The van der Waals surface area contributed by atoms with Gasteiger partial charge in [0.25, 0.3) is 0 Å². The summed E-state index contributed by atoms with van der Waals surface area (Å²) in [5.41, 5.74) is 6.73. The number of hydrogen-bond acceptors (Lipinski definition) is 3. The van der Waals surface area contributed by atoms with E-state index in [0.717, 1.165) is 5.56 Å². The molecule has 2 rings (SSSR count). The van der Waals surface area contributed by atoms with Crippen LogP contribution in [0.25, 0.3) is 0 Å². The number of nitrogens with zero attached hydrogens (tertiary/aromatic N) is 1. The van der Waals surface area contributed by atoms with Crippen molar-refractivity contribution in [2.75, 3.05) is 0 Å². The number of aryl methyl sites for hydroxylation is 1. The Morgan fingerprint density at radius 1 is 1.38 bits per heavy atom. The van der Waals surface area contributed by atoms with Gasteiger partial charge in [0.1, 0.15) is 18.2 Å². The molecule has 0 aliphatic carbocycles. The number of benzene rings is 2. The van der Waals surface area contributed by atoms with Gasteiger partial charge >= 0.3 is 0 Å². The summed E-state index contributed by atoms with van der Waals surface area (Å²) < 4.78 is 19.7. The van der Waals surface area contributed by atoms with Crippen molar-refractivity contribution in [1.82, 2.24) is 0 Å². The summed E-state index contributed by atoms with van der Waals surface area (Å²) in [5.74, 6) is -0.408. The Bertz CT molecular complexity index is 689. The van der Waals surface area contributed by atoms with E-state index in [1.54, 1.807) is 24.3 Å². The largest absolute Gasteiger partial charge is 0.487 e. The van der Waals surface area contributed by atoms with E-state index in [1.165, 1.54) is 6.07 Å². The van der Waals surface area contributed by atoms with Gasteiger partial charge in [0.2, 0.25) is 0 Å². The molecular weight excluding hydrogens is 295 g/mol. The second-order valence-electron chi connectivity index (χ2n) is 4.49. The van der Waals surface area contributed by atoms with E-state index in [1.807, 2.05) is 13.0 Å². The van der Waals surface area contributed by atoms with E-state index in [9.17, 15) is 4.39 Å². The van der Waals surface area contributed by atoms with Crippen LogP contribution in [0, 0.1) is 12.7 Å². The number of hydrogen-bond donors (Lipinski definition) is 2. The molecule has 0 aliphatic heterocycles. The van der Waals surface area contributed by atoms with Gasteiger partial charge in [-0.25, -0.2) is 4.39 Å². The van der Waals surface area contributed by atoms with Gasteiger partial charge < -0.3 is 15.7 Å². The standard InChI is InChI=1S/C15H14ClFN2O2/c1-9-5-6-13(12(16)7-9)21-8-10-3-2-4-11(14(10)17)15(18)19-20/h2-7,20H,8H2,1H3,(H2,18,19). The maximum atomic E-state index is 14.2. The zero-order valence-corrected chi connectivity index (χ0v) is 12.1. The average molecular weight is 309 g/mol. The Kier molecular flexibility index (Phi) is 4.65. The molecule has 3 N–H and O–H groups in total. The summed E-state index contributed by atoms with van der Waals surface area (Å²) in [6.07, 6.45) is 0. The Labute approximate surface area is 126 Å². The SMILES string of the molecule is Cc1ccc(OCc2cccc(/C(N)=N/O)c2F)c(Cl)c1. The fraction of sp³-hybridized carbons (Fsp3) is 0.133. The van der Waals surface area contributed by atoms with Crippen molar-refractivity contribution in [3.8, 4) is 5.75 Å². The van der Waals surface area contributed by atoms with Crippen molar-refractivity contribution in [2.45, 2.75) is 13.5 Å². The van der Waals surface area contributed by atoms with Crippen molar-refractivity contribution >= 4 is 17.4 Å². The van der Waals surface area contributed by atoms with Crippen LogP contribution in [0.4, 0.5) is 4.39 Å². The zero-order chi connectivity index (χ0) is 15.4. The molecule has 0 spiro atoms. The summed E-state index contributed by atoms with van der Waals surface area (Å²) in [5, 5.41) is 11.9. The summed E-state index contributed by atoms with van der Waals surface area (Å²) in [6, 6.07) is 9.93. The Balaban J connectivity index is 2.21. The highest BCUT2D eigenvalue weighted by Crippen LogP contribution is 2.26. The maximum absolute atomic E-state index is 14.2. The van der Waals surface area contributed by atoms with Crippen molar-refractivity contribution in [3.05, 3.63) is 63.9 Å². The van der Waals surface area contributed by atoms with E-state index < -0.39 is 5.82 Å². The molecule has 6 heteroatoms. The van der Waals surface area contributed by atoms with Crippen LogP contribution in [0.1, 0.15) is 16.7 Å². The molecule has 0 radical (unpaired) electrons. The van der Waals surface area contributed by atoms with E-state index in [0.29, 0.717) is 10.8 Å². The minimum absolute atomic E-state index is 0.0127. The Morgan fingerprint density at radius 2 is 2.14 bits per heavy atom.